The highest BCUT2D eigenvalue weighted by molar-refractivity contribution is 6.08. The van der Waals surface area contributed by atoms with Gasteiger partial charge in [-0.2, -0.15) is 0 Å². The molecule has 24 heavy (non-hydrogen) atoms. The van der Waals surface area contributed by atoms with Gasteiger partial charge in [-0.15, -0.1) is 0 Å². The normalized spacial score (nSPS) is 17.2. The van der Waals surface area contributed by atoms with Crippen LogP contribution in [0.1, 0.15) is 36.1 Å². The van der Waals surface area contributed by atoms with Gasteiger partial charge in [0.15, 0.2) is 11.6 Å². The topological polar surface area (TPSA) is 60.5 Å². The van der Waals surface area contributed by atoms with Crippen molar-refractivity contribution in [3.63, 3.8) is 0 Å². The van der Waals surface area contributed by atoms with E-state index in [2.05, 4.69) is 9.98 Å². The summed E-state index contributed by atoms with van der Waals surface area (Å²) in [6, 6.07) is 8.93. The summed E-state index contributed by atoms with van der Waals surface area (Å²) in [6.07, 6.45) is 4.43. The number of halogens is 1. The second-order valence-corrected chi connectivity index (χ2v) is 6.26. The molecule has 0 radical (unpaired) electrons. The quantitative estimate of drug-likeness (QED) is 0.933. The van der Waals surface area contributed by atoms with E-state index in [1.165, 1.54) is 6.07 Å². The van der Waals surface area contributed by atoms with Crippen LogP contribution in [-0.2, 0) is 0 Å². The van der Waals surface area contributed by atoms with Crippen LogP contribution < -0.4 is 10.5 Å². The molecule has 2 aromatic rings. The van der Waals surface area contributed by atoms with Crippen LogP contribution >= 0.6 is 0 Å². The van der Waals surface area contributed by atoms with E-state index in [-0.39, 0.29) is 11.9 Å². The highest BCUT2D eigenvalue weighted by Gasteiger charge is 2.25. The molecule has 1 aromatic heterocycles. The van der Waals surface area contributed by atoms with Gasteiger partial charge in [-0.25, -0.2) is 9.38 Å². The van der Waals surface area contributed by atoms with E-state index >= 15 is 0 Å². The zero-order chi connectivity index (χ0) is 16.7. The Balaban J connectivity index is 1.73. The fourth-order valence-corrected chi connectivity index (χ4v) is 2.84. The molecule has 122 valence electrons. The van der Waals surface area contributed by atoms with Gasteiger partial charge in [0.05, 0.1) is 11.8 Å². The molecule has 2 heterocycles. The SMILES string of the molecule is Cc1cc(C2=C(c3ccc(OC4CC4)c(F)c3)CC(N)=N2)ccn1. The zero-order valence-corrected chi connectivity index (χ0v) is 13.4. The third-order valence-electron chi connectivity index (χ3n) is 4.17. The summed E-state index contributed by atoms with van der Waals surface area (Å²) in [5, 5.41) is 0. The van der Waals surface area contributed by atoms with Crippen molar-refractivity contribution in [3.05, 3.63) is 59.2 Å². The van der Waals surface area contributed by atoms with E-state index < -0.39 is 0 Å². The van der Waals surface area contributed by atoms with Crippen LogP contribution in [0.2, 0.25) is 0 Å². The lowest BCUT2D eigenvalue weighted by Crippen LogP contribution is -2.07. The minimum absolute atomic E-state index is 0.172. The molecule has 0 atom stereocenters. The Kier molecular flexibility index (Phi) is 3.56. The van der Waals surface area contributed by atoms with Crippen molar-refractivity contribution < 1.29 is 9.13 Å². The minimum Gasteiger partial charge on any atom is -0.487 e. The average molecular weight is 323 g/mol. The van der Waals surface area contributed by atoms with E-state index in [1.807, 2.05) is 25.1 Å². The zero-order valence-electron chi connectivity index (χ0n) is 13.4. The summed E-state index contributed by atoms with van der Waals surface area (Å²) < 4.78 is 19.9. The van der Waals surface area contributed by atoms with E-state index in [0.717, 1.165) is 40.9 Å². The van der Waals surface area contributed by atoms with Gasteiger partial charge in [-0.3, -0.25) is 4.98 Å². The van der Waals surface area contributed by atoms with Gasteiger partial charge in [-0.1, -0.05) is 6.07 Å². The van der Waals surface area contributed by atoms with Crippen molar-refractivity contribution in [3.8, 4) is 5.75 Å². The first kappa shape index (κ1) is 14.9. The van der Waals surface area contributed by atoms with E-state index in [4.69, 9.17) is 10.5 Å². The highest BCUT2D eigenvalue weighted by atomic mass is 19.1. The smallest absolute Gasteiger partial charge is 0.165 e. The standard InChI is InChI=1S/C19H18FN3O/c1-11-8-13(6-7-22-11)19-15(10-18(21)23-19)12-2-5-17(16(20)9-12)24-14-3-4-14/h2,5-9,14H,3-4,10H2,1H3,(H2,21,23). The first-order valence-electron chi connectivity index (χ1n) is 8.06. The summed E-state index contributed by atoms with van der Waals surface area (Å²) in [6.45, 7) is 1.93. The lowest BCUT2D eigenvalue weighted by Gasteiger charge is -2.10. The Morgan fingerprint density at radius 1 is 1.17 bits per heavy atom. The molecule has 5 heteroatoms. The molecule has 1 saturated carbocycles. The number of nitrogens with two attached hydrogens (primary N) is 1. The number of hydrogen-bond donors (Lipinski definition) is 1. The first-order chi connectivity index (χ1) is 11.6. The molecule has 0 unspecified atom stereocenters. The molecular formula is C19H18FN3O. The molecule has 1 fully saturated rings. The van der Waals surface area contributed by atoms with Gasteiger partial charge < -0.3 is 10.5 Å². The van der Waals surface area contributed by atoms with Crippen molar-refractivity contribution in [2.24, 2.45) is 10.7 Å². The largest absolute Gasteiger partial charge is 0.487 e. The predicted octanol–water partition coefficient (Wildman–Crippen LogP) is 3.70. The molecule has 4 rings (SSSR count). The number of nitrogens with zero attached hydrogens (tertiary/aromatic N) is 2. The lowest BCUT2D eigenvalue weighted by molar-refractivity contribution is 0.287. The van der Waals surface area contributed by atoms with Crippen molar-refractivity contribution in [2.75, 3.05) is 0 Å². The molecule has 1 aromatic carbocycles. The molecule has 0 bridgehead atoms. The number of benzene rings is 1. The van der Waals surface area contributed by atoms with Crippen molar-refractivity contribution in [2.45, 2.75) is 32.3 Å². The fourth-order valence-electron chi connectivity index (χ4n) is 2.84. The van der Waals surface area contributed by atoms with Crippen LogP contribution in [0.15, 0.2) is 41.5 Å². The van der Waals surface area contributed by atoms with E-state index in [1.54, 1.807) is 12.3 Å². The van der Waals surface area contributed by atoms with Crippen molar-refractivity contribution in [1.29, 1.82) is 0 Å². The second kappa shape index (κ2) is 5.74. The summed E-state index contributed by atoms with van der Waals surface area (Å²) in [5.41, 5.74) is 10.3. The molecule has 1 aliphatic heterocycles. The van der Waals surface area contributed by atoms with Crippen LogP contribution in [0.4, 0.5) is 4.39 Å². The molecule has 2 aliphatic rings. The lowest BCUT2D eigenvalue weighted by atomic mass is 9.98. The monoisotopic (exact) mass is 323 g/mol. The summed E-state index contributed by atoms with van der Waals surface area (Å²) in [7, 11) is 0. The highest BCUT2D eigenvalue weighted by Crippen LogP contribution is 2.37. The Bertz CT molecular complexity index is 869. The molecule has 2 N–H and O–H groups in total. The maximum atomic E-state index is 14.4. The first-order valence-corrected chi connectivity index (χ1v) is 8.06. The van der Waals surface area contributed by atoms with Crippen LogP contribution in [-0.4, -0.2) is 16.9 Å². The number of aryl methyl sites for hydroxylation is 1. The van der Waals surface area contributed by atoms with Crippen molar-refractivity contribution in [1.82, 2.24) is 4.98 Å². The number of hydrogen-bond acceptors (Lipinski definition) is 4. The summed E-state index contributed by atoms with van der Waals surface area (Å²) in [4.78, 5) is 8.67. The molecule has 0 spiro atoms. The maximum absolute atomic E-state index is 14.4. The average Bonchev–Trinajstić information content (AvgIpc) is 3.29. The van der Waals surface area contributed by atoms with Gasteiger partial charge in [0.25, 0.3) is 0 Å². The number of aliphatic imine (C=N–C) groups is 1. The van der Waals surface area contributed by atoms with Crippen molar-refractivity contribution >= 4 is 17.1 Å². The molecule has 0 amide bonds. The second-order valence-electron chi connectivity index (χ2n) is 6.26. The maximum Gasteiger partial charge on any atom is 0.165 e. The molecule has 4 nitrogen and oxygen atoms in total. The third kappa shape index (κ3) is 2.89. The van der Waals surface area contributed by atoms with Gasteiger partial charge >= 0.3 is 0 Å². The van der Waals surface area contributed by atoms with E-state index in [0.29, 0.717) is 18.0 Å². The number of amidine groups is 1. The number of pyridine rings is 1. The van der Waals surface area contributed by atoms with Gasteiger partial charge in [-0.05, 0) is 55.2 Å². The number of aromatic nitrogens is 1. The van der Waals surface area contributed by atoms with Crippen LogP contribution in [0.25, 0.3) is 11.3 Å². The summed E-state index contributed by atoms with van der Waals surface area (Å²) in [5.74, 6) is 0.505. The Morgan fingerprint density at radius 3 is 2.71 bits per heavy atom. The fraction of sp³-hybridized carbons (Fsp3) is 0.263. The van der Waals surface area contributed by atoms with E-state index in [9.17, 15) is 4.39 Å². The van der Waals surface area contributed by atoms with Gasteiger partial charge in [0.1, 0.15) is 5.84 Å². The van der Waals surface area contributed by atoms with Crippen LogP contribution in [0, 0.1) is 12.7 Å². The van der Waals surface area contributed by atoms with Crippen LogP contribution in [0.5, 0.6) is 5.75 Å². The van der Waals surface area contributed by atoms with Gasteiger partial charge in [0.2, 0.25) is 0 Å². The molecule has 1 aliphatic carbocycles. The Morgan fingerprint density at radius 2 is 2.00 bits per heavy atom. The van der Waals surface area contributed by atoms with Gasteiger partial charge in [0, 0.05) is 23.9 Å². The third-order valence-corrected chi connectivity index (χ3v) is 4.17. The Hall–Kier alpha value is -2.69. The number of rotatable bonds is 4. The van der Waals surface area contributed by atoms with Crippen LogP contribution in [0.3, 0.4) is 0 Å². The summed E-state index contributed by atoms with van der Waals surface area (Å²) >= 11 is 0. The Labute approximate surface area is 139 Å². The molecular weight excluding hydrogens is 305 g/mol. The number of ether oxygens (including phenoxy) is 1. The molecule has 0 saturated heterocycles. The predicted molar refractivity (Wildman–Crippen MR) is 92.1 cm³/mol. The minimum atomic E-state index is -0.345.